The molecule has 2 fully saturated rings. The SMILES string of the molecule is CC1CC(CN)CN1C(=O)CN1CCN(Cc2ccccc2)CC1.Cl.Cl. The molecule has 0 spiro atoms. The van der Waals surface area contributed by atoms with E-state index in [4.69, 9.17) is 5.73 Å². The van der Waals surface area contributed by atoms with Gasteiger partial charge in [0, 0.05) is 45.3 Å². The first-order valence-corrected chi connectivity index (χ1v) is 9.14. The maximum Gasteiger partial charge on any atom is 0.236 e. The highest BCUT2D eigenvalue weighted by molar-refractivity contribution is 5.85. The van der Waals surface area contributed by atoms with Crippen LogP contribution in [-0.2, 0) is 11.3 Å². The Morgan fingerprint density at radius 2 is 1.69 bits per heavy atom. The van der Waals surface area contributed by atoms with Crippen LogP contribution in [0.3, 0.4) is 0 Å². The van der Waals surface area contributed by atoms with E-state index in [2.05, 4.69) is 47.1 Å². The van der Waals surface area contributed by atoms with E-state index in [1.165, 1.54) is 5.56 Å². The highest BCUT2D eigenvalue weighted by atomic mass is 35.5. The Hall–Kier alpha value is -0.850. The molecule has 7 heteroatoms. The van der Waals surface area contributed by atoms with E-state index in [1.807, 2.05) is 4.90 Å². The molecule has 1 amide bonds. The second-order valence-electron chi connectivity index (χ2n) is 7.27. The van der Waals surface area contributed by atoms with Crippen molar-refractivity contribution in [3.8, 4) is 0 Å². The van der Waals surface area contributed by atoms with Crippen LogP contribution in [0.15, 0.2) is 30.3 Å². The van der Waals surface area contributed by atoms with E-state index in [1.54, 1.807) is 0 Å². The summed E-state index contributed by atoms with van der Waals surface area (Å²) in [6.45, 7) is 9.24. The van der Waals surface area contributed by atoms with Gasteiger partial charge in [0.1, 0.15) is 0 Å². The minimum atomic E-state index is 0. The molecule has 0 aromatic heterocycles. The quantitative estimate of drug-likeness (QED) is 0.816. The van der Waals surface area contributed by atoms with Gasteiger partial charge in [-0.15, -0.1) is 24.8 Å². The molecule has 1 aromatic rings. The first kappa shape index (κ1) is 23.2. The van der Waals surface area contributed by atoms with Gasteiger partial charge in [-0.2, -0.15) is 0 Å². The predicted octanol–water partition coefficient (Wildman–Crippen LogP) is 1.84. The Balaban J connectivity index is 0.00000169. The normalized spacial score (nSPS) is 24.0. The Bertz CT molecular complexity index is 538. The lowest BCUT2D eigenvalue weighted by Crippen LogP contribution is -2.50. The summed E-state index contributed by atoms with van der Waals surface area (Å²) in [6, 6.07) is 10.9. The molecule has 2 aliphatic heterocycles. The summed E-state index contributed by atoms with van der Waals surface area (Å²) < 4.78 is 0. The van der Waals surface area contributed by atoms with Crippen molar-refractivity contribution in [2.75, 3.05) is 45.8 Å². The first-order valence-electron chi connectivity index (χ1n) is 9.14. The number of piperazine rings is 1. The van der Waals surface area contributed by atoms with E-state index in [0.29, 0.717) is 25.0 Å². The second-order valence-corrected chi connectivity index (χ2v) is 7.27. The molecule has 5 nitrogen and oxygen atoms in total. The molecule has 2 heterocycles. The van der Waals surface area contributed by atoms with Gasteiger partial charge < -0.3 is 10.6 Å². The van der Waals surface area contributed by atoms with Crippen LogP contribution in [0.2, 0.25) is 0 Å². The van der Waals surface area contributed by atoms with Crippen LogP contribution in [0.5, 0.6) is 0 Å². The number of carbonyl (C=O) groups excluding carboxylic acids is 1. The Labute approximate surface area is 169 Å². The van der Waals surface area contributed by atoms with Gasteiger partial charge >= 0.3 is 0 Å². The van der Waals surface area contributed by atoms with Crippen molar-refractivity contribution in [2.24, 2.45) is 11.7 Å². The summed E-state index contributed by atoms with van der Waals surface area (Å²) in [7, 11) is 0. The molecule has 2 unspecified atom stereocenters. The molecular weight excluding hydrogens is 371 g/mol. The molecule has 2 atom stereocenters. The third-order valence-corrected chi connectivity index (χ3v) is 5.39. The average molecular weight is 403 g/mol. The van der Waals surface area contributed by atoms with Crippen LogP contribution in [0, 0.1) is 5.92 Å². The average Bonchev–Trinajstić information content (AvgIpc) is 2.99. The number of hydrogen-bond acceptors (Lipinski definition) is 4. The molecule has 0 aliphatic carbocycles. The van der Waals surface area contributed by atoms with Gasteiger partial charge in [-0.1, -0.05) is 30.3 Å². The summed E-state index contributed by atoms with van der Waals surface area (Å²) in [4.78, 5) is 19.4. The number of hydrogen-bond donors (Lipinski definition) is 1. The van der Waals surface area contributed by atoms with Crippen LogP contribution in [-0.4, -0.2) is 72.5 Å². The molecule has 2 aliphatic rings. The smallest absolute Gasteiger partial charge is 0.236 e. The molecule has 0 saturated carbocycles. The number of carbonyl (C=O) groups is 1. The lowest BCUT2D eigenvalue weighted by molar-refractivity contribution is -0.133. The monoisotopic (exact) mass is 402 g/mol. The molecule has 3 rings (SSSR count). The van der Waals surface area contributed by atoms with Gasteiger partial charge in [0.2, 0.25) is 5.91 Å². The number of benzene rings is 1. The van der Waals surface area contributed by atoms with Crippen molar-refractivity contribution < 1.29 is 4.79 Å². The topological polar surface area (TPSA) is 52.8 Å². The number of halogens is 2. The van der Waals surface area contributed by atoms with Crippen LogP contribution in [0.1, 0.15) is 18.9 Å². The fourth-order valence-corrected chi connectivity index (χ4v) is 3.89. The second kappa shape index (κ2) is 11.1. The standard InChI is InChI=1S/C19H30N4O.2ClH/c1-16-11-18(12-20)14-23(16)19(24)15-22-9-7-21(8-10-22)13-17-5-3-2-4-6-17;;/h2-6,16,18H,7-15,20H2,1H3;2*1H. The minimum Gasteiger partial charge on any atom is -0.339 e. The van der Waals surface area contributed by atoms with Crippen molar-refractivity contribution in [2.45, 2.75) is 25.9 Å². The molecule has 148 valence electrons. The molecule has 2 saturated heterocycles. The van der Waals surface area contributed by atoms with Gasteiger partial charge in [-0.05, 0) is 31.4 Å². The van der Waals surface area contributed by atoms with Gasteiger partial charge in [-0.25, -0.2) is 0 Å². The van der Waals surface area contributed by atoms with E-state index in [0.717, 1.165) is 45.7 Å². The fraction of sp³-hybridized carbons (Fsp3) is 0.632. The third kappa shape index (κ3) is 6.10. The minimum absolute atomic E-state index is 0. The van der Waals surface area contributed by atoms with Gasteiger partial charge in [0.15, 0.2) is 0 Å². The third-order valence-electron chi connectivity index (χ3n) is 5.39. The zero-order chi connectivity index (χ0) is 16.9. The Kier molecular flexibility index (Phi) is 9.90. The molecule has 2 N–H and O–H groups in total. The maximum absolute atomic E-state index is 12.6. The summed E-state index contributed by atoms with van der Waals surface area (Å²) >= 11 is 0. The molecule has 0 bridgehead atoms. The van der Waals surface area contributed by atoms with E-state index >= 15 is 0 Å². The fourth-order valence-electron chi connectivity index (χ4n) is 3.89. The van der Waals surface area contributed by atoms with E-state index in [9.17, 15) is 4.79 Å². The van der Waals surface area contributed by atoms with Crippen LogP contribution in [0.4, 0.5) is 0 Å². The van der Waals surface area contributed by atoms with Gasteiger partial charge in [0.05, 0.1) is 6.54 Å². The molecule has 26 heavy (non-hydrogen) atoms. The lowest BCUT2D eigenvalue weighted by atomic mass is 10.1. The summed E-state index contributed by atoms with van der Waals surface area (Å²) in [5.74, 6) is 0.752. The zero-order valence-electron chi connectivity index (χ0n) is 15.5. The van der Waals surface area contributed by atoms with Gasteiger partial charge in [-0.3, -0.25) is 14.6 Å². The van der Waals surface area contributed by atoms with Crippen LogP contribution < -0.4 is 5.73 Å². The number of nitrogens with two attached hydrogens (primary N) is 1. The molecular formula is C19H32Cl2N4O. The zero-order valence-corrected chi connectivity index (χ0v) is 17.2. The van der Waals surface area contributed by atoms with Crippen molar-refractivity contribution >= 4 is 30.7 Å². The molecule has 1 aromatic carbocycles. The summed E-state index contributed by atoms with van der Waals surface area (Å²) in [6.07, 6.45) is 1.05. The number of rotatable bonds is 5. The Morgan fingerprint density at radius 1 is 1.08 bits per heavy atom. The summed E-state index contributed by atoms with van der Waals surface area (Å²) in [5.41, 5.74) is 7.13. The van der Waals surface area contributed by atoms with Gasteiger partial charge in [0.25, 0.3) is 0 Å². The first-order chi connectivity index (χ1) is 11.7. The van der Waals surface area contributed by atoms with Crippen molar-refractivity contribution in [1.29, 1.82) is 0 Å². The Morgan fingerprint density at radius 3 is 2.27 bits per heavy atom. The summed E-state index contributed by atoms with van der Waals surface area (Å²) in [5, 5.41) is 0. The largest absolute Gasteiger partial charge is 0.339 e. The van der Waals surface area contributed by atoms with Crippen molar-refractivity contribution in [3.63, 3.8) is 0 Å². The number of amides is 1. The highest BCUT2D eigenvalue weighted by Gasteiger charge is 2.32. The van der Waals surface area contributed by atoms with Crippen LogP contribution >= 0.6 is 24.8 Å². The van der Waals surface area contributed by atoms with Crippen molar-refractivity contribution in [3.05, 3.63) is 35.9 Å². The molecule has 0 radical (unpaired) electrons. The van der Waals surface area contributed by atoms with E-state index in [-0.39, 0.29) is 30.7 Å². The number of nitrogens with zero attached hydrogens (tertiary/aromatic N) is 3. The number of likely N-dealkylation sites (tertiary alicyclic amines) is 1. The highest BCUT2D eigenvalue weighted by Crippen LogP contribution is 2.22. The predicted molar refractivity (Wildman–Crippen MR) is 111 cm³/mol. The lowest BCUT2D eigenvalue weighted by Gasteiger charge is -2.35. The van der Waals surface area contributed by atoms with Crippen molar-refractivity contribution in [1.82, 2.24) is 14.7 Å². The maximum atomic E-state index is 12.6. The van der Waals surface area contributed by atoms with E-state index < -0.39 is 0 Å². The van der Waals surface area contributed by atoms with Crippen LogP contribution in [0.25, 0.3) is 0 Å².